The number of benzene rings is 1. The molecule has 1 fully saturated rings. The number of nitrogens with zero attached hydrogens (tertiary/aromatic N) is 5. The summed E-state index contributed by atoms with van der Waals surface area (Å²) >= 11 is 1.43. The molecule has 1 saturated heterocycles. The average Bonchev–Trinajstić information content (AvgIpc) is 3.26. The van der Waals surface area contributed by atoms with E-state index in [0.29, 0.717) is 5.92 Å². The summed E-state index contributed by atoms with van der Waals surface area (Å²) in [5.74, 6) is 0.789. The second-order valence-electron chi connectivity index (χ2n) is 8.11. The van der Waals surface area contributed by atoms with E-state index in [4.69, 9.17) is 0 Å². The highest BCUT2D eigenvalue weighted by Crippen LogP contribution is 2.31. The quantitative estimate of drug-likeness (QED) is 0.639. The minimum absolute atomic E-state index is 0.0948. The number of likely N-dealkylation sites (tertiary alicyclic amines) is 1. The molecule has 1 aliphatic heterocycles. The third-order valence-electron chi connectivity index (χ3n) is 5.89. The predicted octanol–water partition coefficient (Wildman–Crippen LogP) is 4.50. The van der Waals surface area contributed by atoms with E-state index >= 15 is 0 Å². The number of thiazole rings is 1. The van der Waals surface area contributed by atoms with Crippen molar-refractivity contribution in [3.8, 4) is 16.4 Å². The molecular formula is C22H27N5OS. The normalized spacial score (nSPS) is 15.1. The van der Waals surface area contributed by atoms with Gasteiger partial charge in [0.1, 0.15) is 15.6 Å². The average molecular weight is 410 g/mol. The van der Waals surface area contributed by atoms with Crippen LogP contribution in [0.2, 0.25) is 0 Å². The Balaban J connectivity index is 1.63. The highest BCUT2D eigenvalue weighted by Gasteiger charge is 2.26. The number of aromatic nitrogens is 4. The zero-order valence-electron chi connectivity index (χ0n) is 17.7. The molecule has 0 bridgehead atoms. The van der Waals surface area contributed by atoms with E-state index in [1.165, 1.54) is 22.5 Å². The van der Waals surface area contributed by atoms with Crippen LogP contribution in [0.3, 0.4) is 0 Å². The maximum absolute atomic E-state index is 13.0. The summed E-state index contributed by atoms with van der Waals surface area (Å²) in [6.07, 6.45) is 2.14. The molecule has 0 atom stereocenters. The molecule has 1 aliphatic rings. The van der Waals surface area contributed by atoms with Crippen molar-refractivity contribution >= 4 is 17.2 Å². The van der Waals surface area contributed by atoms with Crippen molar-refractivity contribution in [3.05, 3.63) is 45.6 Å². The molecule has 3 heterocycles. The van der Waals surface area contributed by atoms with Crippen molar-refractivity contribution in [2.24, 2.45) is 5.92 Å². The Bertz CT molecular complexity index is 1060. The van der Waals surface area contributed by atoms with Crippen LogP contribution in [0.25, 0.3) is 16.4 Å². The summed E-state index contributed by atoms with van der Waals surface area (Å²) in [6, 6.07) is 6.25. The first-order valence-electron chi connectivity index (χ1n) is 10.1. The lowest BCUT2D eigenvalue weighted by atomic mass is 9.99. The fraction of sp³-hybridized carbons (Fsp3) is 0.455. The van der Waals surface area contributed by atoms with Crippen LogP contribution in [0.4, 0.5) is 0 Å². The standard InChI is InChI=1S/C22H27N5OS/c1-13-8-10-26(11-9-13)22(28)20-16(4)23-21(29-20)19-17(5)27(25-24-19)18-7-6-14(2)15(3)12-18/h6-7,12-13H,8-11H2,1-5H3. The number of hydrogen-bond donors (Lipinski definition) is 0. The number of hydrogen-bond acceptors (Lipinski definition) is 5. The van der Waals surface area contributed by atoms with Gasteiger partial charge in [-0.2, -0.15) is 0 Å². The van der Waals surface area contributed by atoms with E-state index in [-0.39, 0.29) is 5.91 Å². The summed E-state index contributed by atoms with van der Waals surface area (Å²) in [5.41, 5.74) is 5.88. The smallest absolute Gasteiger partial charge is 0.265 e. The minimum Gasteiger partial charge on any atom is -0.338 e. The highest BCUT2D eigenvalue weighted by molar-refractivity contribution is 7.17. The molecule has 4 rings (SSSR count). The minimum atomic E-state index is 0.0948. The first-order valence-corrected chi connectivity index (χ1v) is 10.9. The van der Waals surface area contributed by atoms with Crippen LogP contribution >= 0.6 is 11.3 Å². The van der Waals surface area contributed by atoms with Gasteiger partial charge in [0.05, 0.1) is 17.1 Å². The Morgan fingerprint density at radius 1 is 1.10 bits per heavy atom. The molecule has 0 unspecified atom stereocenters. The van der Waals surface area contributed by atoms with E-state index in [0.717, 1.165) is 58.6 Å². The molecule has 29 heavy (non-hydrogen) atoms. The number of carbonyl (C=O) groups is 1. The molecular weight excluding hydrogens is 382 g/mol. The summed E-state index contributed by atoms with van der Waals surface area (Å²) in [4.78, 5) is 20.4. The van der Waals surface area contributed by atoms with Crippen molar-refractivity contribution in [3.63, 3.8) is 0 Å². The molecule has 1 aromatic carbocycles. The second-order valence-corrected chi connectivity index (χ2v) is 9.11. The van der Waals surface area contributed by atoms with Gasteiger partial charge >= 0.3 is 0 Å². The molecule has 2 aromatic heterocycles. The van der Waals surface area contributed by atoms with E-state index < -0.39 is 0 Å². The molecule has 0 spiro atoms. The van der Waals surface area contributed by atoms with Crippen LogP contribution in [-0.4, -0.2) is 43.9 Å². The largest absolute Gasteiger partial charge is 0.338 e. The molecule has 3 aromatic rings. The van der Waals surface area contributed by atoms with Gasteiger partial charge in [0.25, 0.3) is 5.91 Å². The molecule has 0 N–H and O–H groups in total. The SMILES string of the molecule is Cc1ccc(-n2nnc(-c3nc(C)c(C(=O)N4CCC(C)CC4)s3)c2C)cc1C. The lowest BCUT2D eigenvalue weighted by molar-refractivity contribution is 0.0701. The monoisotopic (exact) mass is 409 g/mol. The predicted molar refractivity (Wildman–Crippen MR) is 116 cm³/mol. The Morgan fingerprint density at radius 2 is 1.83 bits per heavy atom. The molecule has 152 valence electrons. The van der Waals surface area contributed by atoms with Gasteiger partial charge in [-0.3, -0.25) is 4.79 Å². The zero-order chi connectivity index (χ0) is 20.7. The summed E-state index contributed by atoms with van der Waals surface area (Å²) < 4.78 is 1.84. The van der Waals surface area contributed by atoms with Crippen LogP contribution in [0, 0.1) is 33.6 Å². The molecule has 1 amide bonds. The maximum atomic E-state index is 13.0. The molecule has 0 aliphatic carbocycles. The third kappa shape index (κ3) is 3.71. The van der Waals surface area contributed by atoms with E-state index in [9.17, 15) is 4.79 Å². The van der Waals surface area contributed by atoms with Crippen LogP contribution in [0.15, 0.2) is 18.2 Å². The van der Waals surface area contributed by atoms with Gasteiger partial charge < -0.3 is 4.90 Å². The van der Waals surface area contributed by atoms with Gasteiger partial charge in [-0.25, -0.2) is 9.67 Å². The Labute approximate surface area is 175 Å². The number of piperidine rings is 1. The Kier molecular flexibility index (Phi) is 5.25. The van der Waals surface area contributed by atoms with Crippen LogP contribution in [0.5, 0.6) is 0 Å². The zero-order valence-corrected chi connectivity index (χ0v) is 18.5. The Hall–Kier alpha value is -2.54. The fourth-order valence-electron chi connectivity index (χ4n) is 3.68. The number of carbonyl (C=O) groups excluding carboxylic acids is 1. The van der Waals surface area contributed by atoms with Crippen LogP contribution in [-0.2, 0) is 0 Å². The fourth-order valence-corrected chi connectivity index (χ4v) is 4.75. The summed E-state index contributed by atoms with van der Waals surface area (Å²) in [5, 5.41) is 9.49. The van der Waals surface area contributed by atoms with Crippen molar-refractivity contribution < 1.29 is 4.79 Å². The Morgan fingerprint density at radius 3 is 2.52 bits per heavy atom. The molecule has 6 nitrogen and oxygen atoms in total. The van der Waals surface area contributed by atoms with Gasteiger partial charge in [0, 0.05) is 13.1 Å². The summed E-state index contributed by atoms with van der Waals surface area (Å²) in [6.45, 7) is 12.0. The van der Waals surface area contributed by atoms with E-state index in [1.807, 2.05) is 29.5 Å². The van der Waals surface area contributed by atoms with Crippen molar-refractivity contribution in [2.45, 2.75) is 47.5 Å². The van der Waals surface area contributed by atoms with Gasteiger partial charge in [-0.1, -0.05) is 18.2 Å². The topological polar surface area (TPSA) is 63.9 Å². The third-order valence-corrected chi connectivity index (χ3v) is 7.05. The van der Waals surface area contributed by atoms with Crippen molar-refractivity contribution in [2.75, 3.05) is 13.1 Å². The molecule has 0 saturated carbocycles. The molecule has 7 heteroatoms. The maximum Gasteiger partial charge on any atom is 0.265 e. The number of aryl methyl sites for hydroxylation is 3. The van der Waals surface area contributed by atoms with E-state index in [1.54, 1.807) is 0 Å². The lowest BCUT2D eigenvalue weighted by Gasteiger charge is -2.30. The van der Waals surface area contributed by atoms with Gasteiger partial charge in [-0.05, 0) is 69.7 Å². The van der Waals surface area contributed by atoms with Crippen molar-refractivity contribution in [1.29, 1.82) is 0 Å². The second kappa shape index (κ2) is 7.71. The number of amides is 1. The van der Waals surface area contributed by atoms with Gasteiger partial charge in [0.15, 0.2) is 0 Å². The summed E-state index contributed by atoms with van der Waals surface area (Å²) in [7, 11) is 0. The van der Waals surface area contributed by atoms with Gasteiger partial charge in [0.2, 0.25) is 0 Å². The van der Waals surface area contributed by atoms with E-state index in [2.05, 4.69) is 48.2 Å². The first kappa shape index (κ1) is 19.8. The van der Waals surface area contributed by atoms with Gasteiger partial charge in [-0.15, -0.1) is 16.4 Å². The van der Waals surface area contributed by atoms with Crippen LogP contribution in [0.1, 0.15) is 52.0 Å². The molecule has 0 radical (unpaired) electrons. The highest BCUT2D eigenvalue weighted by atomic mass is 32.1. The van der Waals surface area contributed by atoms with Crippen LogP contribution < -0.4 is 0 Å². The lowest BCUT2D eigenvalue weighted by Crippen LogP contribution is -2.37. The first-order chi connectivity index (χ1) is 13.8. The van der Waals surface area contributed by atoms with Crippen molar-refractivity contribution in [1.82, 2.24) is 24.9 Å². The number of rotatable bonds is 3.